The summed E-state index contributed by atoms with van der Waals surface area (Å²) in [5, 5.41) is 3.76. The molecule has 2 fully saturated rings. The molecule has 19 heavy (non-hydrogen) atoms. The molecular weight excluding hydrogens is 232 g/mol. The fourth-order valence-electron chi connectivity index (χ4n) is 3.83. The molecule has 0 radical (unpaired) electrons. The van der Waals surface area contributed by atoms with E-state index >= 15 is 0 Å². The number of nitrogens with one attached hydrogen (secondary N) is 1. The van der Waals surface area contributed by atoms with Gasteiger partial charge < -0.3 is 5.32 Å². The SMILES string of the molecule is CC(C)CC1CN(C2CCC(C)(C)CC2)CCCN1. The third-order valence-electron chi connectivity index (χ3n) is 5.09. The Labute approximate surface area is 120 Å². The van der Waals surface area contributed by atoms with Crippen molar-refractivity contribution in [3.05, 3.63) is 0 Å². The summed E-state index contributed by atoms with van der Waals surface area (Å²) in [4.78, 5) is 2.81. The van der Waals surface area contributed by atoms with Gasteiger partial charge in [-0.25, -0.2) is 0 Å². The van der Waals surface area contributed by atoms with Gasteiger partial charge in [0.2, 0.25) is 0 Å². The average Bonchev–Trinajstić information content (AvgIpc) is 2.54. The van der Waals surface area contributed by atoms with Crippen molar-refractivity contribution in [3.63, 3.8) is 0 Å². The van der Waals surface area contributed by atoms with E-state index in [1.807, 2.05) is 0 Å². The van der Waals surface area contributed by atoms with Crippen LogP contribution >= 0.6 is 0 Å². The molecule has 1 aliphatic heterocycles. The summed E-state index contributed by atoms with van der Waals surface area (Å²) in [6, 6.07) is 1.58. The van der Waals surface area contributed by atoms with Gasteiger partial charge in [-0.15, -0.1) is 0 Å². The maximum Gasteiger partial charge on any atom is 0.0197 e. The van der Waals surface area contributed by atoms with E-state index in [0.29, 0.717) is 5.41 Å². The molecule has 2 aliphatic rings. The molecule has 1 N–H and O–H groups in total. The topological polar surface area (TPSA) is 15.3 Å². The third kappa shape index (κ3) is 4.75. The first-order valence-electron chi connectivity index (χ1n) is 8.44. The first kappa shape index (κ1) is 15.3. The molecule has 0 aromatic carbocycles. The molecule has 0 spiro atoms. The minimum absolute atomic E-state index is 0.595. The van der Waals surface area contributed by atoms with Gasteiger partial charge in [0.25, 0.3) is 0 Å². The zero-order valence-corrected chi connectivity index (χ0v) is 13.5. The second-order valence-electron chi connectivity index (χ2n) is 8.02. The van der Waals surface area contributed by atoms with Crippen LogP contribution in [-0.4, -0.2) is 36.6 Å². The summed E-state index contributed by atoms with van der Waals surface area (Å²) in [6.45, 7) is 13.4. The molecule has 1 saturated carbocycles. The zero-order chi connectivity index (χ0) is 13.9. The van der Waals surface area contributed by atoms with Crippen LogP contribution in [0, 0.1) is 11.3 Å². The molecule has 2 nitrogen and oxygen atoms in total. The van der Waals surface area contributed by atoms with Gasteiger partial charge in [-0.1, -0.05) is 27.7 Å². The molecule has 1 unspecified atom stereocenters. The molecule has 0 amide bonds. The molecule has 112 valence electrons. The van der Waals surface area contributed by atoms with Gasteiger partial charge in [0.15, 0.2) is 0 Å². The second kappa shape index (κ2) is 6.58. The minimum Gasteiger partial charge on any atom is -0.313 e. The van der Waals surface area contributed by atoms with Gasteiger partial charge in [-0.3, -0.25) is 4.90 Å². The van der Waals surface area contributed by atoms with Gasteiger partial charge in [0.1, 0.15) is 0 Å². The molecule has 1 aliphatic carbocycles. The maximum atomic E-state index is 3.76. The highest BCUT2D eigenvalue weighted by molar-refractivity contribution is 4.87. The molecule has 1 heterocycles. The minimum atomic E-state index is 0.595. The predicted molar refractivity (Wildman–Crippen MR) is 83.5 cm³/mol. The van der Waals surface area contributed by atoms with Gasteiger partial charge in [-0.2, -0.15) is 0 Å². The predicted octanol–water partition coefficient (Wildman–Crippen LogP) is 3.67. The lowest BCUT2D eigenvalue weighted by atomic mass is 9.75. The Morgan fingerprint density at radius 2 is 1.89 bits per heavy atom. The molecule has 0 aromatic rings. The van der Waals surface area contributed by atoms with Crippen LogP contribution in [0.25, 0.3) is 0 Å². The highest BCUT2D eigenvalue weighted by Gasteiger charge is 2.31. The van der Waals surface area contributed by atoms with Crippen molar-refractivity contribution >= 4 is 0 Å². The van der Waals surface area contributed by atoms with Crippen molar-refractivity contribution in [2.24, 2.45) is 11.3 Å². The number of hydrogen-bond donors (Lipinski definition) is 1. The maximum absolute atomic E-state index is 3.76. The quantitative estimate of drug-likeness (QED) is 0.838. The Balaban J connectivity index is 1.88. The van der Waals surface area contributed by atoms with Crippen molar-refractivity contribution in [3.8, 4) is 0 Å². The van der Waals surface area contributed by atoms with E-state index in [1.54, 1.807) is 0 Å². The summed E-state index contributed by atoms with van der Waals surface area (Å²) in [5.41, 5.74) is 0.595. The fourth-order valence-corrected chi connectivity index (χ4v) is 3.83. The molecule has 0 aromatic heterocycles. The van der Waals surface area contributed by atoms with E-state index in [2.05, 4.69) is 37.9 Å². The lowest BCUT2D eigenvalue weighted by Gasteiger charge is -2.40. The zero-order valence-electron chi connectivity index (χ0n) is 13.5. The van der Waals surface area contributed by atoms with E-state index in [0.717, 1.165) is 18.0 Å². The van der Waals surface area contributed by atoms with Crippen molar-refractivity contribution < 1.29 is 0 Å². The van der Waals surface area contributed by atoms with Crippen molar-refractivity contribution in [2.45, 2.75) is 78.3 Å². The summed E-state index contributed by atoms with van der Waals surface area (Å²) in [5.74, 6) is 0.808. The second-order valence-corrected chi connectivity index (χ2v) is 8.02. The molecular formula is C17H34N2. The van der Waals surface area contributed by atoms with Crippen molar-refractivity contribution in [1.82, 2.24) is 10.2 Å². The monoisotopic (exact) mass is 266 g/mol. The van der Waals surface area contributed by atoms with Crippen LogP contribution in [0.15, 0.2) is 0 Å². The van der Waals surface area contributed by atoms with E-state index < -0.39 is 0 Å². The first-order valence-corrected chi connectivity index (χ1v) is 8.44. The Morgan fingerprint density at radius 1 is 1.21 bits per heavy atom. The van der Waals surface area contributed by atoms with Crippen molar-refractivity contribution in [1.29, 1.82) is 0 Å². The highest BCUT2D eigenvalue weighted by atomic mass is 15.2. The highest BCUT2D eigenvalue weighted by Crippen LogP contribution is 2.37. The summed E-state index contributed by atoms with van der Waals surface area (Å²) >= 11 is 0. The van der Waals surface area contributed by atoms with Gasteiger partial charge in [0.05, 0.1) is 0 Å². The normalized spacial score (nSPS) is 30.5. The summed E-state index contributed by atoms with van der Waals surface area (Å²) in [6.07, 6.45) is 8.32. The van der Waals surface area contributed by atoms with Gasteiger partial charge >= 0.3 is 0 Å². The van der Waals surface area contributed by atoms with Crippen LogP contribution in [0.2, 0.25) is 0 Å². The molecule has 0 bridgehead atoms. The molecule has 2 heteroatoms. The average molecular weight is 266 g/mol. The van der Waals surface area contributed by atoms with Crippen molar-refractivity contribution in [2.75, 3.05) is 19.6 Å². The van der Waals surface area contributed by atoms with E-state index in [-0.39, 0.29) is 0 Å². The van der Waals surface area contributed by atoms with Crippen LogP contribution in [-0.2, 0) is 0 Å². The summed E-state index contributed by atoms with van der Waals surface area (Å²) in [7, 11) is 0. The van der Waals surface area contributed by atoms with Crippen LogP contribution in [0.4, 0.5) is 0 Å². The molecule has 2 rings (SSSR count). The largest absolute Gasteiger partial charge is 0.313 e. The van der Waals surface area contributed by atoms with E-state index in [9.17, 15) is 0 Å². The lowest BCUT2D eigenvalue weighted by Crippen LogP contribution is -2.45. The van der Waals surface area contributed by atoms with Gasteiger partial charge in [0, 0.05) is 18.6 Å². The Morgan fingerprint density at radius 3 is 2.53 bits per heavy atom. The van der Waals surface area contributed by atoms with Crippen LogP contribution in [0.3, 0.4) is 0 Å². The fraction of sp³-hybridized carbons (Fsp3) is 1.00. The van der Waals surface area contributed by atoms with Gasteiger partial charge in [-0.05, 0) is 62.9 Å². The van der Waals surface area contributed by atoms with E-state index in [4.69, 9.17) is 0 Å². The third-order valence-corrected chi connectivity index (χ3v) is 5.09. The lowest BCUT2D eigenvalue weighted by molar-refractivity contribution is 0.103. The molecule has 1 saturated heterocycles. The van der Waals surface area contributed by atoms with Crippen LogP contribution < -0.4 is 5.32 Å². The number of hydrogen-bond acceptors (Lipinski definition) is 2. The number of nitrogens with zero attached hydrogens (tertiary/aromatic N) is 1. The Hall–Kier alpha value is -0.0800. The summed E-state index contributed by atoms with van der Waals surface area (Å²) < 4.78 is 0. The number of rotatable bonds is 3. The first-order chi connectivity index (χ1) is 8.96. The standard InChI is InChI=1S/C17H34N2/c1-14(2)12-15-13-19(11-5-10-18-15)16-6-8-17(3,4)9-7-16/h14-16,18H,5-13H2,1-4H3. The van der Waals surface area contributed by atoms with E-state index in [1.165, 1.54) is 58.2 Å². The Bertz CT molecular complexity index is 262. The molecule has 1 atom stereocenters. The smallest absolute Gasteiger partial charge is 0.0197 e. The van der Waals surface area contributed by atoms with Crippen LogP contribution in [0.5, 0.6) is 0 Å². The van der Waals surface area contributed by atoms with Crippen LogP contribution in [0.1, 0.15) is 66.2 Å². The Kier molecular flexibility index (Phi) is 5.30.